The number of halogens is 3. The minimum Gasteiger partial charge on any atom is -0.365 e. The number of aromatic nitrogens is 2. The number of carbonyl (C=O) groups excluding carboxylic acids is 1. The van der Waals surface area contributed by atoms with Gasteiger partial charge in [-0.3, -0.25) is 4.79 Å². The van der Waals surface area contributed by atoms with Gasteiger partial charge in [0.25, 0.3) is 0 Å². The zero-order chi connectivity index (χ0) is 23.4. The van der Waals surface area contributed by atoms with Gasteiger partial charge in [-0.2, -0.15) is 13.2 Å². The van der Waals surface area contributed by atoms with Crippen molar-refractivity contribution in [2.24, 2.45) is 0 Å². The van der Waals surface area contributed by atoms with Crippen LogP contribution in [0.1, 0.15) is 60.2 Å². The molecule has 33 heavy (non-hydrogen) atoms. The first kappa shape index (κ1) is 23.4. The third-order valence-corrected chi connectivity index (χ3v) is 5.76. The fraction of sp³-hybridized carbons (Fsp3) is 0.522. The molecule has 0 spiro atoms. The molecule has 0 bridgehead atoms. The number of alkyl halides is 3. The molecule has 1 aliphatic carbocycles. The molecule has 2 heterocycles. The molecule has 2 aliphatic rings. The number of nitrogens with zero attached hydrogens (tertiary/aromatic N) is 2. The summed E-state index contributed by atoms with van der Waals surface area (Å²) in [5.74, 6) is 0.686. The number of nitrogens with one attached hydrogen (secondary N) is 2. The van der Waals surface area contributed by atoms with Crippen molar-refractivity contribution in [1.82, 2.24) is 15.3 Å². The summed E-state index contributed by atoms with van der Waals surface area (Å²) in [7, 11) is 0. The molecule has 7 nitrogen and oxygen atoms in total. The second-order valence-corrected chi connectivity index (χ2v) is 8.33. The molecule has 4 rings (SSSR count). The van der Waals surface area contributed by atoms with Crippen LogP contribution < -0.4 is 10.6 Å². The molecule has 1 aromatic heterocycles. The van der Waals surface area contributed by atoms with Crippen molar-refractivity contribution >= 4 is 11.7 Å². The van der Waals surface area contributed by atoms with Crippen molar-refractivity contribution in [2.75, 3.05) is 18.5 Å². The van der Waals surface area contributed by atoms with E-state index < -0.39 is 18.0 Å². The molecule has 2 fully saturated rings. The van der Waals surface area contributed by atoms with Crippen LogP contribution in [-0.2, 0) is 33.4 Å². The molecule has 2 N–H and O–H groups in total. The Bertz CT molecular complexity index is 987. The zero-order valence-electron chi connectivity index (χ0n) is 18.4. The van der Waals surface area contributed by atoms with Gasteiger partial charge in [-0.15, -0.1) is 0 Å². The van der Waals surface area contributed by atoms with Gasteiger partial charge >= 0.3 is 6.18 Å². The van der Waals surface area contributed by atoms with E-state index in [-0.39, 0.29) is 24.9 Å². The van der Waals surface area contributed by atoms with E-state index in [1.54, 1.807) is 13.0 Å². The number of hydrogen-bond acceptors (Lipinski definition) is 6. The number of benzene rings is 1. The molecular weight excluding hydrogens is 437 g/mol. The third kappa shape index (κ3) is 6.00. The predicted molar refractivity (Wildman–Crippen MR) is 114 cm³/mol. The van der Waals surface area contributed by atoms with E-state index >= 15 is 0 Å². The Morgan fingerprint density at radius 3 is 2.58 bits per heavy atom. The Balaban J connectivity index is 1.57. The molecule has 2 aromatic rings. The van der Waals surface area contributed by atoms with E-state index in [4.69, 9.17) is 9.47 Å². The Hall–Kier alpha value is -2.72. The van der Waals surface area contributed by atoms with Crippen molar-refractivity contribution in [3.63, 3.8) is 0 Å². The molecule has 1 aliphatic heterocycles. The summed E-state index contributed by atoms with van der Waals surface area (Å²) in [5.41, 5.74) is 0.719. The fourth-order valence-corrected chi connectivity index (χ4v) is 4.23. The van der Waals surface area contributed by atoms with E-state index in [9.17, 15) is 18.0 Å². The number of carbonyl (C=O) groups is 1. The maximum absolute atomic E-state index is 13.1. The van der Waals surface area contributed by atoms with Crippen LogP contribution in [0.25, 0.3) is 0 Å². The van der Waals surface area contributed by atoms with Crippen molar-refractivity contribution in [3.8, 4) is 0 Å². The quantitative estimate of drug-likeness (QED) is 0.643. The van der Waals surface area contributed by atoms with Gasteiger partial charge in [-0.05, 0) is 37.5 Å². The van der Waals surface area contributed by atoms with Gasteiger partial charge in [-0.1, -0.05) is 25.0 Å². The molecule has 1 amide bonds. The van der Waals surface area contributed by atoms with Crippen LogP contribution >= 0.6 is 0 Å². The highest BCUT2D eigenvalue weighted by Gasteiger charge is 2.31. The average Bonchev–Trinajstić information content (AvgIpc) is 3.46. The largest absolute Gasteiger partial charge is 0.416 e. The zero-order valence-corrected chi connectivity index (χ0v) is 18.4. The van der Waals surface area contributed by atoms with Crippen molar-refractivity contribution < 1.29 is 27.4 Å². The van der Waals surface area contributed by atoms with Gasteiger partial charge in [0.15, 0.2) is 6.29 Å². The first-order chi connectivity index (χ1) is 15.8. The van der Waals surface area contributed by atoms with Crippen molar-refractivity contribution in [3.05, 3.63) is 52.5 Å². The normalized spacial score (nSPS) is 17.5. The molecule has 1 saturated heterocycles. The van der Waals surface area contributed by atoms with Gasteiger partial charge in [-0.25, -0.2) is 9.97 Å². The predicted octanol–water partition coefficient (Wildman–Crippen LogP) is 4.06. The summed E-state index contributed by atoms with van der Waals surface area (Å²) in [6.45, 7) is 2.58. The van der Waals surface area contributed by atoms with Gasteiger partial charge in [0.2, 0.25) is 5.91 Å². The highest BCUT2D eigenvalue weighted by atomic mass is 19.4. The lowest BCUT2D eigenvalue weighted by molar-refractivity contribution is -0.137. The Morgan fingerprint density at radius 2 is 1.88 bits per heavy atom. The summed E-state index contributed by atoms with van der Waals surface area (Å²) < 4.78 is 50.5. The number of anilines is 1. The molecule has 1 saturated carbocycles. The van der Waals surface area contributed by atoms with Crippen molar-refractivity contribution in [1.29, 1.82) is 0 Å². The lowest BCUT2D eigenvalue weighted by Gasteiger charge is -2.20. The van der Waals surface area contributed by atoms with Gasteiger partial charge in [0, 0.05) is 12.6 Å². The fourth-order valence-electron chi connectivity index (χ4n) is 4.23. The van der Waals surface area contributed by atoms with E-state index in [1.807, 2.05) is 0 Å². The summed E-state index contributed by atoms with van der Waals surface area (Å²) in [4.78, 5) is 21.6. The molecule has 0 unspecified atom stereocenters. The van der Waals surface area contributed by atoms with Crippen LogP contribution in [-0.4, -0.2) is 35.1 Å². The summed E-state index contributed by atoms with van der Waals surface area (Å²) >= 11 is 0. The van der Waals surface area contributed by atoms with Crippen LogP contribution in [0.4, 0.5) is 19.0 Å². The average molecular weight is 464 g/mol. The first-order valence-corrected chi connectivity index (χ1v) is 11.1. The molecule has 0 atom stereocenters. The molecule has 10 heteroatoms. The summed E-state index contributed by atoms with van der Waals surface area (Å²) in [5, 5.41) is 6.16. The van der Waals surface area contributed by atoms with Crippen LogP contribution in [0.3, 0.4) is 0 Å². The maximum atomic E-state index is 13.1. The van der Waals surface area contributed by atoms with Gasteiger partial charge < -0.3 is 20.1 Å². The Labute approximate surface area is 190 Å². The second kappa shape index (κ2) is 10.0. The lowest BCUT2D eigenvalue weighted by atomic mass is 10.1. The number of ether oxygens (including phenoxy) is 2. The van der Waals surface area contributed by atoms with Gasteiger partial charge in [0.05, 0.1) is 36.5 Å². The highest BCUT2D eigenvalue weighted by molar-refractivity contribution is 5.79. The van der Waals surface area contributed by atoms with E-state index in [0.717, 1.165) is 37.8 Å². The standard InChI is InChI=1S/C23H27F3N4O3/c1-14-28-18(12-19(31)30-17-7-2-3-8-17)20(22-32-9-10-33-22)21(29-14)27-13-15-5-4-6-16(11-15)23(24,25)26/h4-6,11,17,22H,2-3,7-10,12-13H2,1H3,(H,30,31)(H,27,28,29). The van der Waals surface area contributed by atoms with E-state index in [0.29, 0.717) is 41.7 Å². The summed E-state index contributed by atoms with van der Waals surface area (Å²) in [6, 6.07) is 5.29. The highest BCUT2D eigenvalue weighted by Crippen LogP contribution is 2.33. The lowest BCUT2D eigenvalue weighted by Crippen LogP contribution is -2.34. The summed E-state index contributed by atoms with van der Waals surface area (Å²) in [6.07, 6.45) is -0.967. The van der Waals surface area contributed by atoms with E-state index in [2.05, 4.69) is 20.6 Å². The van der Waals surface area contributed by atoms with Crippen LogP contribution in [0, 0.1) is 6.92 Å². The van der Waals surface area contributed by atoms with E-state index in [1.165, 1.54) is 6.07 Å². The third-order valence-electron chi connectivity index (χ3n) is 5.76. The van der Waals surface area contributed by atoms with Crippen LogP contribution in [0.15, 0.2) is 24.3 Å². The topological polar surface area (TPSA) is 85.4 Å². The monoisotopic (exact) mass is 464 g/mol. The first-order valence-electron chi connectivity index (χ1n) is 11.1. The second-order valence-electron chi connectivity index (χ2n) is 8.33. The van der Waals surface area contributed by atoms with Crippen molar-refractivity contribution in [2.45, 2.75) is 64.1 Å². The van der Waals surface area contributed by atoms with Gasteiger partial charge in [0.1, 0.15) is 11.6 Å². The van der Waals surface area contributed by atoms with Crippen LogP contribution in [0.2, 0.25) is 0 Å². The smallest absolute Gasteiger partial charge is 0.365 e. The minimum atomic E-state index is -4.42. The molecular formula is C23H27F3N4O3. The molecule has 178 valence electrons. The Morgan fingerprint density at radius 1 is 1.15 bits per heavy atom. The maximum Gasteiger partial charge on any atom is 0.416 e. The molecule has 0 radical (unpaired) electrons. The number of hydrogen-bond donors (Lipinski definition) is 2. The number of rotatable bonds is 7. The number of aryl methyl sites for hydroxylation is 1. The Kier molecular flexibility index (Phi) is 7.14. The molecule has 1 aromatic carbocycles. The van der Waals surface area contributed by atoms with Crippen LogP contribution in [0.5, 0.6) is 0 Å². The SMILES string of the molecule is Cc1nc(CC(=O)NC2CCCC2)c(C2OCCO2)c(NCc2cccc(C(F)(F)F)c2)n1. The number of amides is 1. The minimum absolute atomic E-state index is 0.0383.